The van der Waals surface area contributed by atoms with Crippen LogP contribution in [-0.4, -0.2) is 0 Å². The third-order valence-electron chi connectivity index (χ3n) is 11.6. The molecule has 2 heteroatoms. The maximum atomic E-state index is 2.55. The molecule has 0 saturated heterocycles. The summed E-state index contributed by atoms with van der Waals surface area (Å²) in [5.74, 6) is 0. The first kappa shape index (κ1) is 34.3. The molecule has 1 heterocycles. The average Bonchev–Trinajstić information content (AvgIpc) is 3.28. The van der Waals surface area contributed by atoms with Gasteiger partial charge in [0.2, 0.25) is 0 Å². The minimum Gasteiger partial charge on any atom is -0.310 e. The molecule has 2 nitrogen and oxygen atoms in total. The minimum absolute atomic E-state index is 0.194. The zero-order valence-electron chi connectivity index (χ0n) is 32.2. The number of fused-ring (bicyclic) bond motifs is 3. The molecule has 9 aromatic carbocycles. The molecule has 0 bridgehead atoms. The summed E-state index contributed by atoms with van der Waals surface area (Å²) >= 11 is 0. The summed E-state index contributed by atoms with van der Waals surface area (Å²) in [5, 5.41) is 2.43. The summed E-state index contributed by atoms with van der Waals surface area (Å²) in [6.07, 6.45) is 0. The molecule has 0 saturated carbocycles. The maximum absolute atomic E-state index is 2.55. The van der Waals surface area contributed by atoms with E-state index in [9.17, 15) is 0 Å². The molecular formula is C55H42N2. The van der Waals surface area contributed by atoms with Crippen molar-refractivity contribution in [3.8, 4) is 33.4 Å². The van der Waals surface area contributed by atoms with E-state index >= 15 is 0 Å². The van der Waals surface area contributed by atoms with Crippen molar-refractivity contribution in [3.63, 3.8) is 0 Å². The molecule has 1 aliphatic heterocycles. The highest BCUT2D eigenvalue weighted by Gasteiger charge is 2.38. The Kier molecular flexibility index (Phi) is 8.53. The van der Waals surface area contributed by atoms with Gasteiger partial charge in [-0.15, -0.1) is 0 Å². The lowest BCUT2D eigenvalue weighted by atomic mass is 9.73. The maximum Gasteiger partial charge on any atom is 0.0618 e. The summed E-state index contributed by atoms with van der Waals surface area (Å²) < 4.78 is 0. The third-order valence-corrected chi connectivity index (χ3v) is 11.6. The Morgan fingerprint density at radius 1 is 0.368 bits per heavy atom. The number of hydrogen-bond donors (Lipinski definition) is 0. The van der Waals surface area contributed by atoms with Gasteiger partial charge in [0.05, 0.1) is 17.1 Å². The SMILES string of the molecule is CC1(C)c2ccccc2N(c2c(-c3cccc(-c4cccc(N(c5ccccc5)c5ccccc5)c4)c3)ccc3ccccc23)c2cc(-c3ccccc3)ccc21. The first-order chi connectivity index (χ1) is 28.0. The second-order valence-electron chi connectivity index (χ2n) is 15.4. The molecule has 0 unspecified atom stereocenters. The van der Waals surface area contributed by atoms with E-state index in [2.05, 4.69) is 242 Å². The van der Waals surface area contributed by atoms with Gasteiger partial charge in [0.15, 0.2) is 0 Å². The van der Waals surface area contributed by atoms with Crippen molar-refractivity contribution in [1.82, 2.24) is 0 Å². The van der Waals surface area contributed by atoms with Crippen LogP contribution in [0.25, 0.3) is 44.2 Å². The van der Waals surface area contributed by atoms with Gasteiger partial charge in [-0.1, -0.05) is 178 Å². The number of rotatable bonds is 7. The molecule has 0 radical (unpaired) electrons. The second-order valence-corrected chi connectivity index (χ2v) is 15.4. The molecule has 0 amide bonds. The van der Waals surface area contributed by atoms with Crippen LogP contribution in [-0.2, 0) is 5.41 Å². The number of hydrogen-bond acceptors (Lipinski definition) is 2. The Bertz CT molecular complexity index is 2840. The van der Waals surface area contributed by atoms with Gasteiger partial charge in [-0.2, -0.15) is 0 Å². The van der Waals surface area contributed by atoms with E-state index in [0.717, 1.165) is 22.6 Å². The Hall–Kier alpha value is -7.16. The van der Waals surface area contributed by atoms with Gasteiger partial charge in [-0.3, -0.25) is 0 Å². The Morgan fingerprint density at radius 3 is 1.67 bits per heavy atom. The lowest BCUT2D eigenvalue weighted by Gasteiger charge is -2.43. The molecule has 1 aliphatic rings. The van der Waals surface area contributed by atoms with Crippen LogP contribution in [0.3, 0.4) is 0 Å². The van der Waals surface area contributed by atoms with Gasteiger partial charge in [0.1, 0.15) is 0 Å². The van der Waals surface area contributed by atoms with Crippen molar-refractivity contribution in [1.29, 1.82) is 0 Å². The van der Waals surface area contributed by atoms with Crippen molar-refractivity contribution in [2.75, 3.05) is 9.80 Å². The van der Waals surface area contributed by atoms with E-state index < -0.39 is 0 Å². The topological polar surface area (TPSA) is 6.48 Å². The normalized spacial score (nSPS) is 12.8. The summed E-state index contributed by atoms with van der Waals surface area (Å²) in [4.78, 5) is 4.87. The van der Waals surface area contributed by atoms with Crippen LogP contribution in [0.4, 0.5) is 34.1 Å². The molecule has 272 valence electrons. The summed E-state index contributed by atoms with van der Waals surface area (Å²) in [5.41, 5.74) is 16.5. The second kappa shape index (κ2) is 14.2. The van der Waals surface area contributed by atoms with Gasteiger partial charge in [-0.05, 0) is 98.9 Å². The minimum atomic E-state index is -0.194. The van der Waals surface area contributed by atoms with Gasteiger partial charge in [0, 0.05) is 33.4 Å². The highest BCUT2D eigenvalue weighted by Crippen LogP contribution is 2.55. The molecule has 0 N–H and O–H groups in total. The van der Waals surface area contributed by atoms with Crippen molar-refractivity contribution in [2.45, 2.75) is 19.3 Å². The molecular weight excluding hydrogens is 689 g/mol. The fourth-order valence-corrected chi connectivity index (χ4v) is 8.79. The van der Waals surface area contributed by atoms with Crippen LogP contribution in [0.2, 0.25) is 0 Å². The van der Waals surface area contributed by atoms with E-state index in [-0.39, 0.29) is 5.41 Å². The fraction of sp³-hybridized carbons (Fsp3) is 0.0545. The third kappa shape index (κ3) is 6.07. The van der Waals surface area contributed by atoms with Crippen LogP contribution in [0.1, 0.15) is 25.0 Å². The Morgan fingerprint density at radius 2 is 0.912 bits per heavy atom. The summed E-state index contributed by atoms with van der Waals surface area (Å²) in [6, 6.07) is 79.4. The van der Waals surface area contributed by atoms with E-state index in [1.165, 1.54) is 66.8 Å². The predicted octanol–water partition coefficient (Wildman–Crippen LogP) is 15.4. The zero-order valence-corrected chi connectivity index (χ0v) is 32.2. The first-order valence-corrected chi connectivity index (χ1v) is 19.8. The molecule has 9 aromatic rings. The van der Waals surface area contributed by atoms with Crippen molar-refractivity contribution in [2.24, 2.45) is 0 Å². The molecule has 0 aliphatic carbocycles. The van der Waals surface area contributed by atoms with Crippen LogP contribution >= 0.6 is 0 Å². The lowest BCUT2D eigenvalue weighted by Crippen LogP contribution is -2.31. The molecule has 10 rings (SSSR count). The highest BCUT2D eigenvalue weighted by molar-refractivity contribution is 6.08. The molecule has 0 fully saturated rings. The smallest absolute Gasteiger partial charge is 0.0618 e. The standard InChI is InChI=1S/C55H42N2/c1-55(2)50-30-14-15-31-52(50)57(53-38-43(33-35-51(53)55)39-18-6-3-7-19-39)54-48-29-13-12-20-40(48)32-34-49(54)44-23-16-21-41(36-44)42-22-17-28-47(37-42)56(45-24-8-4-9-25-45)46-26-10-5-11-27-46/h3-38H,1-2H3. The van der Waals surface area contributed by atoms with Gasteiger partial charge in [-0.25, -0.2) is 0 Å². The number of nitrogens with zero attached hydrogens (tertiary/aromatic N) is 2. The van der Waals surface area contributed by atoms with Crippen LogP contribution in [0, 0.1) is 0 Å². The van der Waals surface area contributed by atoms with E-state index in [0.29, 0.717) is 0 Å². The molecule has 57 heavy (non-hydrogen) atoms. The molecule has 0 aromatic heterocycles. The summed E-state index contributed by atoms with van der Waals surface area (Å²) in [6.45, 7) is 4.73. The van der Waals surface area contributed by atoms with Gasteiger partial charge in [0.25, 0.3) is 0 Å². The summed E-state index contributed by atoms with van der Waals surface area (Å²) in [7, 11) is 0. The number of anilines is 6. The first-order valence-electron chi connectivity index (χ1n) is 19.8. The van der Waals surface area contributed by atoms with Crippen molar-refractivity contribution >= 4 is 44.9 Å². The highest BCUT2D eigenvalue weighted by atomic mass is 15.2. The zero-order chi connectivity index (χ0) is 38.3. The largest absolute Gasteiger partial charge is 0.310 e. The average molecular weight is 731 g/mol. The van der Waals surface area contributed by atoms with Crippen LogP contribution < -0.4 is 9.80 Å². The van der Waals surface area contributed by atoms with Gasteiger partial charge >= 0.3 is 0 Å². The van der Waals surface area contributed by atoms with Gasteiger partial charge < -0.3 is 9.80 Å². The number of benzene rings is 9. The van der Waals surface area contributed by atoms with E-state index in [4.69, 9.17) is 0 Å². The quantitative estimate of drug-likeness (QED) is 0.161. The lowest BCUT2D eigenvalue weighted by molar-refractivity contribution is 0.632. The fourth-order valence-electron chi connectivity index (χ4n) is 8.79. The van der Waals surface area contributed by atoms with E-state index in [1.807, 2.05) is 0 Å². The van der Waals surface area contributed by atoms with Crippen LogP contribution in [0.15, 0.2) is 218 Å². The van der Waals surface area contributed by atoms with E-state index in [1.54, 1.807) is 0 Å². The number of para-hydroxylation sites is 3. The monoisotopic (exact) mass is 730 g/mol. The van der Waals surface area contributed by atoms with Crippen molar-refractivity contribution < 1.29 is 0 Å². The van der Waals surface area contributed by atoms with Crippen LogP contribution in [0.5, 0.6) is 0 Å². The molecule has 0 spiro atoms. The van der Waals surface area contributed by atoms with Crippen molar-refractivity contribution in [3.05, 3.63) is 230 Å². The molecule has 0 atom stereocenters. The Balaban J connectivity index is 1.16. The predicted molar refractivity (Wildman–Crippen MR) is 242 cm³/mol. The Labute approximate surface area is 335 Å².